The maximum atomic E-state index is 9.23. The predicted octanol–water partition coefficient (Wildman–Crippen LogP) is 1.12. The highest BCUT2D eigenvalue weighted by Gasteiger charge is 2.36. The van der Waals surface area contributed by atoms with Gasteiger partial charge in [0.05, 0.1) is 6.10 Å². The third-order valence-corrected chi connectivity index (χ3v) is 3.81. The fourth-order valence-corrected chi connectivity index (χ4v) is 3.52. The van der Waals surface area contributed by atoms with Crippen LogP contribution in [-0.2, 0) is 0 Å². The van der Waals surface area contributed by atoms with Crippen LogP contribution < -0.4 is 0 Å². The van der Waals surface area contributed by atoms with Gasteiger partial charge in [-0.1, -0.05) is 0 Å². The van der Waals surface area contributed by atoms with E-state index in [2.05, 4.69) is 11.8 Å². The maximum Gasteiger partial charge on any atom is 0.0546 e. The Hall–Kier alpha value is 0.310. The molecule has 0 aromatic heterocycles. The number of fused-ring (bicyclic) bond motifs is 1. The molecular weight excluding hydrogens is 132 g/mol. The standard InChI is InChI=1S/C7H12OS/c8-7-1-5-3-9-4-6(5)2-7/h5-8H,1-4H2/t5-,6+,7?. The van der Waals surface area contributed by atoms with Gasteiger partial charge in [0.15, 0.2) is 0 Å². The lowest BCUT2D eigenvalue weighted by atomic mass is 10.0. The third-order valence-electron chi connectivity index (χ3n) is 2.48. The average molecular weight is 144 g/mol. The van der Waals surface area contributed by atoms with E-state index < -0.39 is 0 Å². The lowest BCUT2D eigenvalue weighted by molar-refractivity contribution is 0.176. The quantitative estimate of drug-likeness (QED) is 0.550. The van der Waals surface area contributed by atoms with Crippen LogP contribution in [0.3, 0.4) is 0 Å². The average Bonchev–Trinajstić information content (AvgIpc) is 2.22. The molecule has 1 saturated heterocycles. The molecule has 1 aliphatic carbocycles. The zero-order valence-corrected chi connectivity index (χ0v) is 6.23. The van der Waals surface area contributed by atoms with E-state index in [1.54, 1.807) is 0 Å². The molecule has 1 N–H and O–H groups in total. The fourth-order valence-electron chi connectivity index (χ4n) is 1.96. The van der Waals surface area contributed by atoms with E-state index in [1.807, 2.05) is 0 Å². The highest BCUT2D eigenvalue weighted by Crippen LogP contribution is 2.41. The van der Waals surface area contributed by atoms with E-state index in [0.717, 1.165) is 24.7 Å². The molecule has 2 rings (SSSR count). The first-order valence-corrected chi connectivity index (χ1v) is 4.77. The first kappa shape index (κ1) is 6.05. The number of thioether (sulfide) groups is 1. The normalized spacial score (nSPS) is 49.7. The number of aliphatic hydroxyl groups is 1. The summed E-state index contributed by atoms with van der Waals surface area (Å²) in [4.78, 5) is 0. The Bertz CT molecular complexity index is 103. The van der Waals surface area contributed by atoms with Crippen LogP contribution >= 0.6 is 11.8 Å². The minimum Gasteiger partial charge on any atom is -0.393 e. The second kappa shape index (κ2) is 2.17. The first-order valence-electron chi connectivity index (χ1n) is 3.62. The summed E-state index contributed by atoms with van der Waals surface area (Å²) in [5.41, 5.74) is 0. The summed E-state index contributed by atoms with van der Waals surface area (Å²) < 4.78 is 0. The van der Waals surface area contributed by atoms with E-state index in [4.69, 9.17) is 0 Å². The Morgan fingerprint density at radius 2 is 1.67 bits per heavy atom. The van der Waals surface area contributed by atoms with Gasteiger partial charge in [0.2, 0.25) is 0 Å². The molecule has 0 amide bonds. The molecule has 0 bridgehead atoms. The van der Waals surface area contributed by atoms with Gasteiger partial charge in [-0.15, -0.1) is 0 Å². The Morgan fingerprint density at radius 3 is 2.22 bits per heavy atom. The van der Waals surface area contributed by atoms with E-state index in [9.17, 15) is 5.11 Å². The van der Waals surface area contributed by atoms with E-state index in [0.29, 0.717) is 0 Å². The van der Waals surface area contributed by atoms with Crippen molar-refractivity contribution in [3.05, 3.63) is 0 Å². The molecule has 2 heteroatoms. The van der Waals surface area contributed by atoms with Gasteiger partial charge in [0, 0.05) is 0 Å². The molecule has 0 radical (unpaired) electrons. The fraction of sp³-hybridized carbons (Fsp3) is 1.00. The lowest BCUT2D eigenvalue weighted by Crippen LogP contribution is -2.01. The molecule has 9 heavy (non-hydrogen) atoms. The molecule has 1 nitrogen and oxygen atoms in total. The smallest absolute Gasteiger partial charge is 0.0546 e. The summed E-state index contributed by atoms with van der Waals surface area (Å²) in [5, 5.41) is 9.23. The van der Waals surface area contributed by atoms with Crippen LogP contribution in [0.1, 0.15) is 12.8 Å². The van der Waals surface area contributed by atoms with Gasteiger partial charge in [-0.3, -0.25) is 0 Å². The van der Waals surface area contributed by atoms with Crippen molar-refractivity contribution in [2.45, 2.75) is 18.9 Å². The third kappa shape index (κ3) is 0.987. The molecule has 0 spiro atoms. The van der Waals surface area contributed by atoms with Crippen LogP contribution in [0.4, 0.5) is 0 Å². The molecular formula is C7H12OS. The summed E-state index contributed by atoms with van der Waals surface area (Å²) in [6.07, 6.45) is 2.20. The van der Waals surface area contributed by atoms with Gasteiger partial charge in [-0.25, -0.2) is 0 Å². The van der Waals surface area contributed by atoms with Crippen molar-refractivity contribution in [2.75, 3.05) is 11.5 Å². The highest BCUT2D eigenvalue weighted by molar-refractivity contribution is 7.99. The van der Waals surface area contributed by atoms with Gasteiger partial charge < -0.3 is 5.11 Å². The van der Waals surface area contributed by atoms with Crippen LogP contribution in [0.25, 0.3) is 0 Å². The second-order valence-electron chi connectivity index (χ2n) is 3.18. The summed E-state index contributed by atoms with van der Waals surface area (Å²) in [6, 6.07) is 0. The van der Waals surface area contributed by atoms with Crippen LogP contribution in [-0.4, -0.2) is 22.7 Å². The molecule has 2 aliphatic rings. The molecule has 0 aromatic carbocycles. The van der Waals surface area contributed by atoms with Crippen molar-refractivity contribution < 1.29 is 5.11 Å². The van der Waals surface area contributed by atoms with Gasteiger partial charge >= 0.3 is 0 Å². The van der Waals surface area contributed by atoms with Gasteiger partial charge in [0.1, 0.15) is 0 Å². The molecule has 3 atom stereocenters. The summed E-state index contributed by atoms with van der Waals surface area (Å²) >= 11 is 2.06. The van der Waals surface area contributed by atoms with Crippen molar-refractivity contribution in [3.8, 4) is 0 Å². The van der Waals surface area contributed by atoms with E-state index in [-0.39, 0.29) is 6.10 Å². The number of aliphatic hydroxyl groups excluding tert-OH is 1. The topological polar surface area (TPSA) is 20.2 Å². The number of hydrogen-bond acceptors (Lipinski definition) is 2. The summed E-state index contributed by atoms with van der Waals surface area (Å²) in [5.74, 6) is 4.35. The van der Waals surface area contributed by atoms with Crippen molar-refractivity contribution >= 4 is 11.8 Å². The Labute approximate surface area is 59.8 Å². The predicted molar refractivity (Wildman–Crippen MR) is 39.5 cm³/mol. The van der Waals surface area contributed by atoms with Gasteiger partial charge in [-0.2, -0.15) is 11.8 Å². The van der Waals surface area contributed by atoms with Crippen LogP contribution in [0, 0.1) is 11.8 Å². The van der Waals surface area contributed by atoms with Crippen LogP contribution in [0.15, 0.2) is 0 Å². The summed E-state index contributed by atoms with van der Waals surface area (Å²) in [6.45, 7) is 0. The zero-order chi connectivity index (χ0) is 6.27. The molecule has 0 aromatic rings. The minimum atomic E-state index is 0.0425. The molecule has 1 aliphatic heterocycles. The molecule has 1 unspecified atom stereocenters. The zero-order valence-electron chi connectivity index (χ0n) is 5.42. The van der Waals surface area contributed by atoms with Crippen LogP contribution in [0.5, 0.6) is 0 Å². The Morgan fingerprint density at radius 1 is 1.11 bits per heavy atom. The molecule has 1 heterocycles. The molecule has 2 fully saturated rings. The lowest BCUT2D eigenvalue weighted by Gasteiger charge is -2.02. The largest absolute Gasteiger partial charge is 0.393 e. The van der Waals surface area contributed by atoms with Crippen molar-refractivity contribution in [1.82, 2.24) is 0 Å². The Balaban J connectivity index is 2.02. The SMILES string of the molecule is OC1C[C@H]2CSC[C@H]2C1. The second-order valence-corrected chi connectivity index (χ2v) is 4.26. The van der Waals surface area contributed by atoms with Crippen molar-refractivity contribution in [2.24, 2.45) is 11.8 Å². The van der Waals surface area contributed by atoms with Crippen LogP contribution in [0.2, 0.25) is 0 Å². The number of rotatable bonds is 0. The van der Waals surface area contributed by atoms with E-state index >= 15 is 0 Å². The maximum absolute atomic E-state index is 9.23. The molecule has 52 valence electrons. The monoisotopic (exact) mass is 144 g/mol. The minimum absolute atomic E-state index is 0.0425. The highest BCUT2D eigenvalue weighted by atomic mass is 32.2. The molecule has 1 saturated carbocycles. The number of hydrogen-bond donors (Lipinski definition) is 1. The van der Waals surface area contributed by atoms with Gasteiger partial charge in [-0.05, 0) is 36.2 Å². The van der Waals surface area contributed by atoms with E-state index in [1.165, 1.54) is 11.5 Å². The van der Waals surface area contributed by atoms with Gasteiger partial charge in [0.25, 0.3) is 0 Å². The van der Waals surface area contributed by atoms with Crippen molar-refractivity contribution in [3.63, 3.8) is 0 Å². The first-order chi connectivity index (χ1) is 4.36. The van der Waals surface area contributed by atoms with Crippen molar-refractivity contribution in [1.29, 1.82) is 0 Å². The Kier molecular flexibility index (Phi) is 1.46. The summed E-state index contributed by atoms with van der Waals surface area (Å²) in [7, 11) is 0.